The van der Waals surface area contributed by atoms with Crippen molar-refractivity contribution in [1.82, 2.24) is 4.31 Å². The predicted molar refractivity (Wildman–Crippen MR) is 95.9 cm³/mol. The van der Waals surface area contributed by atoms with E-state index in [2.05, 4.69) is 5.32 Å². The van der Waals surface area contributed by atoms with Gasteiger partial charge in [0.15, 0.2) is 0 Å². The zero-order valence-electron chi connectivity index (χ0n) is 14.4. The molecule has 0 aliphatic carbocycles. The molecule has 0 aliphatic rings. The van der Waals surface area contributed by atoms with E-state index in [1.807, 2.05) is 0 Å². The smallest absolute Gasteiger partial charge is 0.325 e. The Morgan fingerprint density at radius 2 is 1.75 bits per heavy atom. The minimum atomic E-state index is -4.71. The molecule has 0 aliphatic heterocycles. The number of amides is 1. The van der Waals surface area contributed by atoms with E-state index in [4.69, 9.17) is 11.6 Å². The number of hydrogen-bond donors (Lipinski definition) is 1. The molecular weight excluding hydrogens is 424 g/mol. The maximum atomic E-state index is 13.0. The second kappa shape index (κ2) is 8.46. The third-order valence-corrected chi connectivity index (χ3v) is 5.94. The highest BCUT2D eigenvalue weighted by Crippen LogP contribution is 2.36. The molecular formula is C17H15ClF4N2O3S. The molecule has 0 saturated heterocycles. The van der Waals surface area contributed by atoms with Crippen molar-refractivity contribution in [2.45, 2.75) is 18.0 Å². The first kappa shape index (κ1) is 22.1. The van der Waals surface area contributed by atoms with Crippen molar-refractivity contribution < 1.29 is 30.8 Å². The highest BCUT2D eigenvalue weighted by atomic mass is 35.5. The van der Waals surface area contributed by atoms with Gasteiger partial charge in [-0.2, -0.15) is 17.5 Å². The molecule has 1 N–H and O–H groups in total. The summed E-state index contributed by atoms with van der Waals surface area (Å²) in [6.45, 7) is 0.764. The Kier molecular flexibility index (Phi) is 6.68. The summed E-state index contributed by atoms with van der Waals surface area (Å²) in [6, 6.07) is 6.85. The van der Waals surface area contributed by atoms with Crippen LogP contribution in [0.25, 0.3) is 0 Å². The molecule has 2 aromatic carbocycles. The monoisotopic (exact) mass is 438 g/mol. The van der Waals surface area contributed by atoms with Crippen LogP contribution >= 0.6 is 11.6 Å². The molecule has 28 heavy (non-hydrogen) atoms. The molecule has 0 aromatic heterocycles. The Hall–Kier alpha value is -2.17. The molecule has 0 spiro atoms. The van der Waals surface area contributed by atoms with Gasteiger partial charge in [-0.3, -0.25) is 4.79 Å². The van der Waals surface area contributed by atoms with Gasteiger partial charge in [-0.1, -0.05) is 18.5 Å². The first-order chi connectivity index (χ1) is 12.9. The Balaban J connectivity index is 2.18. The van der Waals surface area contributed by atoms with Crippen molar-refractivity contribution in [3.8, 4) is 0 Å². The summed E-state index contributed by atoms with van der Waals surface area (Å²) in [7, 11) is -4.09. The third-order valence-electron chi connectivity index (χ3n) is 3.68. The summed E-state index contributed by atoms with van der Waals surface area (Å²) in [6.07, 6.45) is -4.71. The number of nitrogens with zero attached hydrogens (tertiary/aromatic N) is 1. The maximum Gasteiger partial charge on any atom is 0.417 e. The van der Waals surface area contributed by atoms with E-state index < -0.39 is 45.1 Å². The largest absolute Gasteiger partial charge is 0.417 e. The van der Waals surface area contributed by atoms with E-state index in [0.717, 1.165) is 34.6 Å². The van der Waals surface area contributed by atoms with Crippen LogP contribution < -0.4 is 5.32 Å². The number of halogens is 5. The number of carbonyl (C=O) groups excluding carboxylic acids is 1. The normalized spacial score (nSPS) is 12.2. The van der Waals surface area contributed by atoms with Crippen LogP contribution in [0.2, 0.25) is 5.02 Å². The molecule has 11 heteroatoms. The Bertz CT molecular complexity index is 963. The van der Waals surface area contributed by atoms with Crippen molar-refractivity contribution in [3.63, 3.8) is 0 Å². The summed E-state index contributed by atoms with van der Waals surface area (Å²) in [4.78, 5) is 12.0. The number of alkyl halides is 3. The van der Waals surface area contributed by atoms with Crippen molar-refractivity contribution in [2.75, 3.05) is 18.4 Å². The van der Waals surface area contributed by atoms with E-state index in [9.17, 15) is 30.8 Å². The number of sulfonamides is 1. The number of anilines is 1. The summed E-state index contributed by atoms with van der Waals surface area (Å²) in [5.41, 5.74) is -1.31. The van der Waals surface area contributed by atoms with E-state index >= 15 is 0 Å². The van der Waals surface area contributed by atoms with Gasteiger partial charge in [0, 0.05) is 12.2 Å². The first-order valence-corrected chi connectivity index (χ1v) is 9.69. The van der Waals surface area contributed by atoms with E-state index in [-0.39, 0.29) is 17.1 Å². The standard InChI is InChI=1S/C17H15ClF4N2O3S/c1-2-24(28(26,27)13-6-3-11(19)4-7-13)10-16(25)23-12-5-8-15(18)14(9-12)17(20,21)22/h3-9H,2,10H2,1H3,(H,23,25). The molecule has 152 valence electrons. The van der Waals surface area contributed by atoms with Crippen LogP contribution in [0.15, 0.2) is 47.4 Å². The zero-order chi connectivity index (χ0) is 21.1. The fourth-order valence-corrected chi connectivity index (χ4v) is 3.93. The quantitative estimate of drug-likeness (QED) is 0.689. The van der Waals surface area contributed by atoms with Crippen LogP contribution in [0.5, 0.6) is 0 Å². The zero-order valence-corrected chi connectivity index (χ0v) is 16.0. The molecule has 2 rings (SSSR count). The van der Waals surface area contributed by atoms with Crippen LogP contribution in [0.1, 0.15) is 12.5 Å². The van der Waals surface area contributed by atoms with Crippen LogP contribution in [-0.2, 0) is 21.0 Å². The van der Waals surface area contributed by atoms with Crippen LogP contribution in [0.3, 0.4) is 0 Å². The SMILES string of the molecule is CCN(CC(=O)Nc1ccc(Cl)c(C(F)(F)F)c1)S(=O)(=O)c1ccc(F)cc1. The van der Waals surface area contributed by atoms with Gasteiger partial charge >= 0.3 is 6.18 Å². The fraction of sp³-hybridized carbons (Fsp3) is 0.235. The molecule has 0 fully saturated rings. The topological polar surface area (TPSA) is 66.5 Å². The number of rotatable bonds is 6. The minimum absolute atomic E-state index is 0.0818. The number of carbonyl (C=O) groups is 1. The van der Waals surface area contributed by atoms with E-state index in [1.165, 1.54) is 13.0 Å². The number of benzene rings is 2. The van der Waals surface area contributed by atoms with Gasteiger partial charge in [0.05, 0.1) is 22.0 Å². The first-order valence-electron chi connectivity index (χ1n) is 7.87. The Morgan fingerprint density at radius 3 is 2.29 bits per heavy atom. The second-order valence-corrected chi connectivity index (χ2v) is 7.97. The molecule has 0 heterocycles. The van der Waals surface area contributed by atoms with Crippen LogP contribution in [0, 0.1) is 5.82 Å². The predicted octanol–water partition coefficient (Wildman–Crippen LogP) is 4.15. The number of hydrogen-bond acceptors (Lipinski definition) is 3. The summed E-state index contributed by atoms with van der Waals surface area (Å²) in [5, 5.41) is 1.69. The van der Waals surface area contributed by atoms with Gasteiger partial charge in [0.2, 0.25) is 15.9 Å². The average molecular weight is 439 g/mol. The maximum absolute atomic E-state index is 13.0. The average Bonchev–Trinajstić information content (AvgIpc) is 2.60. The van der Waals surface area contributed by atoms with Gasteiger partial charge < -0.3 is 5.32 Å². The molecule has 0 bridgehead atoms. The lowest BCUT2D eigenvalue weighted by Gasteiger charge is -2.20. The van der Waals surface area contributed by atoms with Gasteiger partial charge in [0.25, 0.3) is 0 Å². The Morgan fingerprint density at radius 1 is 1.14 bits per heavy atom. The highest BCUT2D eigenvalue weighted by molar-refractivity contribution is 7.89. The lowest BCUT2D eigenvalue weighted by molar-refractivity contribution is -0.137. The minimum Gasteiger partial charge on any atom is -0.325 e. The van der Waals surface area contributed by atoms with Gasteiger partial charge in [0.1, 0.15) is 5.82 Å². The van der Waals surface area contributed by atoms with Crippen molar-refractivity contribution in [3.05, 3.63) is 58.9 Å². The number of nitrogens with one attached hydrogen (secondary N) is 1. The second-order valence-electron chi connectivity index (χ2n) is 5.63. The number of likely N-dealkylation sites (N-methyl/N-ethyl adjacent to an activating group) is 1. The summed E-state index contributed by atoms with van der Waals surface area (Å²) < 4.78 is 77.6. The van der Waals surface area contributed by atoms with Crippen LogP contribution in [-0.4, -0.2) is 31.7 Å². The van der Waals surface area contributed by atoms with Crippen molar-refractivity contribution in [2.24, 2.45) is 0 Å². The van der Waals surface area contributed by atoms with Crippen molar-refractivity contribution >= 4 is 33.2 Å². The molecule has 0 radical (unpaired) electrons. The van der Waals surface area contributed by atoms with Gasteiger partial charge in [-0.05, 0) is 42.5 Å². The molecule has 0 unspecified atom stereocenters. The fourth-order valence-electron chi connectivity index (χ4n) is 2.30. The molecule has 2 aromatic rings. The summed E-state index contributed by atoms with van der Waals surface area (Å²) >= 11 is 5.52. The van der Waals surface area contributed by atoms with E-state index in [0.29, 0.717) is 6.07 Å². The molecule has 1 amide bonds. The van der Waals surface area contributed by atoms with Crippen molar-refractivity contribution in [1.29, 1.82) is 0 Å². The molecule has 0 atom stereocenters. The molecule has 5 nitrogen and oxygen atoms in total. The summed E-state index contributed by atoms with van der Waals surface area (Å²) in [5.74, 6) is -1.47. The van der Waals surface area contributed by atoms with Gasteiger partial charge in [-0.25, -0.2) is 12.8 Å². The Labute approximate surface area is 164 Å². The third kappa shape index (κ3) is 5.21. The van der Waals surface area contributed by atoms with Gasteiger partial charge in [-0.15, -0.1) is 0 Å². The lowest BCUT2D eigenvalue weighted by Crippen LogP contribution is -2.37. The highest BCUT2D eigenvalue weighted by Gasteiger charge is 2.33. The van der Waals surface area contributed by atoms with Crippen LogP contribution in [0.4, 0.5) is 23.2 Å². The lowest BCUT2D eigenvalue weighted by atomic mass is 10.2. The van der Waals surface area contributed by atoms with E-state index in [1.54, 1.807) is 0 Å². The molecule has 0 saturated carbocycles.